The molecular weight excluding hydrogens is 212 g/mol. The number of tetrazole rings is 1. The minimum atomic E-state index is 0.213. The monoisotopic (exact) mass is 222 g/mol. The Labute approximate surface area is 92.9 Å². The van der Waals surface area contributed by atoms with E-state index >= 15 is 0 Å². The van der Waals surface area contributed by atoms with Crippen molar-refractivity contribution in [2.24, 2.45) is 0 Å². The molecule has 0 radical (unpaired) electrons. The van der Waals surface area contributed by atoms with Crippen LogP contribution in [0.1, 0.15) is 19.9 Å². The van der Waals surface area contributed by atoms with Crippen LogP contribution in [0.15, 0.2) is 24.3 Å². The maximum absolute atomic E-state index is 5.88. The summed E-state index contributed by atoms with van der Waals surface area (Å²) in [7, 11) is 0. The fraction of sp³-hybridized carbons (Fsp3) is 0.300. The largest absolute Gasteiger partial charge is 0.204 e. The van der Waals surface area contributed by atoms with Crippen molar-refractivity contribution < 1.29 is 0 Å². The Hall–Kier alpha value is -1.42. The number of halogens is 1. The van der Waals surface area contributed by atoms with E-state index in [1.54, 1.807) is 4.80 Å². The molecule has 5 heteroatoms. The lowest BCUT2D eigenvalue weighted by molar-refractivity contribution is 0.455. The smallest absolute Gasteiger partial charge is 0.161 e. The minimum absolute atomic E-state index is 0.213. The van der Waals surface area contributed by atoms with E-state index in [0.29, 0.717) is 10.8 Å². The van der Waals surface area contributed by atoms with Gasteiger partial charge in [-0.25, -0.2) is 0 Å². The van der Waals surface area contributed by atoms with E-state index in [-0.39, 0.29) is 6.04 Å². The highest BCUT2D eigenvalue weighted by atomic mass is 35.5. The predicted octanol–water partition coefficient (Wildman–Crippen LogP) is 2.57. The van der Waals surface area contributed by atoms with Gasteiger partial charge in [0.2, 0.25) is 5.82 Å². The summed E-state index contributed by atoms with van der Waals surface area (Å²) in [5, 5.41) is 12.9. The van der Waals surface area contributed by atoms with Gasteiger partial charge in [-0.2, -0.15) is 4.80 Å². The Morgan fingerprint density at radius 2 is 2.13 bits per heavy atom. The quantitative estimate of drug-likeness (QED) is 0.785. The van der Waals surface area contributed by atoms with E-state index in [1.165, 1.54) is 0 Å². The van der Waals surface area contributed by atoms with Crippen LogP contribution in [-0.4, -0.2) is 20.2 Å². The fourth-order valence-electron chi connectivity index (χ4n) is 1.19. The number of aromatic nitrogens is 4. The van der Waals surface area contributed by atoms with Crippen molar-refractivity contribution in [3.63, 3.8) is 0 Å². The van der Waals surface area contributed by atoms with Gasteiger partial charge in [-0.1, -0.05) is 23.7 Å². The highest BCUT2D eigenvalue weighted by Crippen LogP contribution is 2.18. The molecule has 2 rings (SSSR count). The molecule has 0 N–H and O–H groups in total. The third kappa shape index (κ3) is 2.15. The van der Waals surface area contributed by atoms with E-state index in [9.17, 15) is 0 Å². The van der Waals surface area contributed by atoms with Crippen LogP contribution < -0.4 is 0 Å². The van der Waals surface area contributed by atoms with E-state index in [2.05, 4.69) is 15.4 Å². The van der Waals surface area contributed by atoms with Gasteiger partial charge in [0.25, 0.3) is 0 Å². The van der Waals surface area contributed by atoms with Crippen LogP contribution in [0.3, 0.4) is 0 Å². The number of nitrogens with zero attached hydrogens (tertiary/aromatic N) is 4. The lowest BCUT2D eigenvalue weighted by Gasteiger charge is -1.99. The summed E-state index contributed by atoms with van der Waals surface area (Å²) in [6.07, 6.45) is 0. The maximum Gasteiger partial charge on any atom is 0.204 e. The van der Waals surface area contributed by atoms with Gasteiger partial charge in [0.1, 0.15) is 0 Å². The van der Waals surface area contributed by atoms with Gasteiger partial charge < -0.3 is 0 Å². The Morgan fingerprint density at radius 3 is 2.73 bits per heavy atom. The van der Waals surface area contributed by atoms with Crippen molar-refractivity contribution >= 4 is 11.6 Å². The molecule has 78 valence electrons. The number of rotatable bonds is 2. The average molecular weight is 223 g/mol. The fourth-order valence-corrected chi connectivity index (χ4v) is 1.38. The Balaban J connectivity index is 2.37. The Kier molecular flexibility index (Phi) is 2.68. The number of benzene rings is 1. The molecule has 15 heavy (non-hydrogen) atoms. The van der Waals surface area contributed by atoms with Crippen molar-refractivity contribution in [3.05, 3.63) is 29.3 Å². The molecule has 0 aliphatic carbocycles. The first-order chi connectivity index (χ1) is 7.16. The van der Waals surface area contributed by atoms with Crippen LogP contribution in [0, 0.1) is 0 Å². The van der Waals surface area contributed by atoms with Crippen molar-refractivity contribution in [3.8, 4) is 11.4 Å². The summed E-state index contributed by atoms with van der Waals surface area (Å²) >= 11 is 5.88. The second-order valence-corrected chi connectivity index (χ2v) is 3.97. The zero-order valence-electron chi connectivity index (χ0n) is 8.55. The summed E-state index contributed by atoms with van der Waals surface area (Å²) in [6, 6.07) is 7.63. The van der Waals surface area contributed by atoms with Crippen molar-refractivity contribution in [2.45, 2.75) is 19.9 Å². The zero-order valence-corrected chi connectivity index (χ0v) is 9.31. The average Bonchev–Trinajstić information content (AvgIpc) is 2.66. The molecule has 0 aliphatic rings. The molecule has 1 aromatic carbocycles. The lowest BCUT2D eigenvalue weighted by atomic mass is 10.2. The second kappa shape index (κ2) is 3.98. The molecule has 0 saturated heterocycles. The molecule has 0 unspecified atom stereocenters. The van der Waals surface area contributed by atoms with Crippen LogP contribution in [0.25, 0.3) is 11.4 Å². The van der Waals surface area contributed by atoms with Crippen LogP contribution in [0.2, 0.25) is 5.02 Å². The number of hydrogen-bond acceptors (Lipinski definition) is 3. The second-order valence-electron chi connectivity index (χ2n) is 3.54. The van der Waals surface area contributed by atoms with Crippen LogP contribution in [0.4, 0.5) is 0 Å². The Morgan fingerprint density at radius 1 is 1.33 bits per heavy atom. The SMILES string of the molecule is CC(C)n1nnc(-c2cccc(Cl)c2)n1. The molecular formula is C10H11ClN4. The maximum atomic E-state index is 5.88. The van der Waals surface area contributed by atoms with Crippen LogP contribution >= 0.6 is 11.6 Å². The third-order valence-corrected chi connectivity index (χ3v) is 2.21. The van der Waals surface area contributed by atoms with Gasteiger partial charge in [0.05, 0.1) is 6.04 Å². The summed E-state index contributed by atoms with van der Waals surface area (Å²) in [4.78, 5) is 1.58. The number of hydrogen-bond donors (Lipinski definition) is 0. The first kappa shape index (κ1) is 10.1. The van der Waals surface area contributed by atoms with Gasteiger partial charge in [0.15, 0.2) is 0 Å². The van der Waals surface area contributed by atoms with E-state index < -0.39 is 0 Å². The van der Waals surface area contributed by atoms with Crippen molar-refractivity contribution in [1.82, 2.24) is 20.2 Å². The molecule has 0 atom stereocenters. The highest BCUT2D eigenvalue weighted by Gasteiger charge is 2.07. The topological polar surface area (TPSA) is 43.6 Å². The summed E-state index contributed by atoms with van der Waals surface area (Å²) in [6.45, 7) is 4.01. The van der Waals surface area contributed by atoms with Gasteiger partial charge in [-0.15, -0.1) is 10.2 Å². The van der Waals surface area contributed by atoms with Gasteiger partial charge in [-0.3, -0.25) is 0 Å². The summed E-state index contributed by atoms with van der Waals surface area (Å²) in [5.74, 6) is 0.603. The van der Waals surface area contributed by atoms with Gasteiger partial charge in [-0.05, 0) is 31.2 Å². The van der Waals surface area contributed by atoms with Crippen LogP contribution in [0.5, 0.6) is 0 Å². The van der Waals surface area contributed by atoms with Gasteiger partial charge >= 0.3 is 0 Å². The van der Waals surface area contributed by atoms with E-state index in [0.717, 1.165) is 5.56 Å². The highest BCUT2D eigenvalue weighted by molar-refractivity contribution is 6.30. The molecule has 1 heterocycles. The summed E-state index contributed by atoms with van der Waals surface area (Å²) < 4.78 is 0. The van der Waals surface area contributed by atoms with Crippen molar-refractivity contribution in [1.29, 1.82) is 0 Å². The molecule has 0 aliphatic heterocycles. The molecule has 1 aromatic heterocycles. The standard InChI is InChI=1S/C10H11ClN4/c1-7(2)15-13-10(12-14-15)8-4-3-5-9(11)6-8/h3-7H,1-2H3. The molecule has 4 nitrogen and oxygen atoms in total. The molecule has 0 amide bonds. The minimum Gasteiger partial charge on any atom is -0.161 e. The van der Waals surface area contributed by atoms with Crippen molar-refractivity contribution in [2.75, 3.05) is 0 Å². The first-order valence-corrected chi connectivity index (χ1v) is 5.10. The molecule has 2 aromatic rings. The molecule has 0 bridgehead atoms. The first-order valence-electron chi connectivity index (χ1n) is 4.72. The third-order valence-electron chi connectivity index (χ3n) is 1.97. The van der Waals surface area contributed by atoms with Crippen LogP contribution in [-0.2, 0) is 0 Å². The Bertz CT molecular complexity index is 464. The van der Waals surface area contributed by atoms with E-state index in [4.69, 9.17) is 11.6 Å². The predicted molar refractivity (Wildman–Crippen MR) is 58.6 cm³/mol. The summed E-state index contributed by atoms with van der Waals surface area (Å²) in [5.41, 5.74) is 0.884. The normalized spacial score (nSPS) is 10.9. The molecule has 0 saturated carbocycles. The van der Waals surface area contributed by atoms with Gasteiger partial charge in [0, 0.05) is 10.6 Å². The van der Waals surface area contributed by atoms with E-state index in [1.807, 2.05) is 38.1 Å². The lowest BCUT2D eigenvalue weighted by Crippen LogP contribution is -2.04. The zero-order chi connectivity index (χ0) is 10.8. The molecule has 0 spiro atoms. The molecule has 0 fully saturated rings.